The van der Waals surface area contributed by atoms with Crippen LogP contribution in [0.4, 0.5) is 0 Å². The van der Waals surface area contributed by atoms with Gasteiger partial charge in [-0.1, -0.05) is 6.92 Å². The van der Waals surface area contributed by atoms with E-state index < -0.39 is 17.9 Å². The first-order chi connectivity index (χ1) is 7.99. The number of likely N-dealkylation sites (N-methyl/N-ethyl adjacent to an activating group) is 1. The van der Waals surface area contributed by atoms with Crippen molar-refractivity contribution in [2.75, 3.05) is 7.05 Å². The zero-order valence-corrected chi connectivity index (χ0v) is 9.62. The minimum atomic E-state index is -1.08. The standard InChI is InChI=1S/C11H14N2O4/c1-3-7(11(16)17)13(2)10(15)9-8(14)5-4-6-12-9/h4-7,14H,3H2,1-2H3,(H,16,17). The molecule has 0 fully saturated rings. The minimum Gasteiger partial charge on any atom is -0.505 e. The fraction of sp³-hybridized carbons (Fsp3) is 0.364. The summed E-state index contributed by atoms with van der Waals surface area (Å²) >= 11 is 0. The molecule has 1 aromatic rings. The van der Waals surface area contributed by atoms with Crippen LogP contribution in [0.2, 0.25) is 0 Å². The number of aromatic hydroxyl groups is 1. The third-order valence-electron chi connectivity index (χ3n) is 2.45. The smallest absolute Gasteiger partial charge is 0.326 e. The number of pyridine rings is 1. The molecular weight excluding hydrogens is 224 g/mol. The van der Waals surface area contributed by atoms with Gasteiger partial charge in [0, 0.05) is 13.2 Å². The van der Waals surface area contributed by atoms with E-state index in [0.29, 0.717) is 0 Å². The van der Waals surface area contributed by atoms with Gasteiger partial charge < -0.3 is 15.1 Å². The molecule has 1 atom stereocenters. The van der Waals surface area contributed by atoms with Crippen molar-refractivity contribution in [3.63, 3.8) is 0 Å². The molecule has 0 saturated carbocycles. The summed E-state index contributed by atoms with van der Waals surface area (Å²) in [5, 5.41) is 18.4. The Morgan fingerprint density at radius 1 is 1.53 bits per heavy atom. The zero-order valence-electron chi connectivity index (χ0n) is 9.62. The maximum absolute atomic E-state index is 11.9. The average Bonchev–Trinajstić information content (AvgIpc) is 2.29. The summed E-state index contributed by atoms with van der Waals surface area (Å²) < 4.78 is 0. The lowest BCUT2D eigenvalue weighted by Gasteiger charge is -2.23. The highest BCUT2D eigenvalue weighted by Crippen LogP contribution is 2.16. The highest BCUT2D eigenvalue weighted by atomic mass is 16.4. The number of carbonyl (C=O) groups is 2. The van der Waals surface area contributed by atoms with Gasteiger partial charge in [-0.3, -0.25) is 4.79 Å². The van der Waals surface area contributed by atoms with Crippen molar-refractivity contribution in [3.8, 4) is 5.75 Å². The highest BCUT2D eigenvalue weighted by molar-refractivity contribution is 5.96. The lowest BCUT2D eigenvalue weighted by molar-refractivity contribution is -0.142. The van der Waals surface area contributed by atoms with E-state index in [9.17, 15) is 14.7 Å². The first kappa shape index (κ1) is 13.0. The second-order valence-electron chi connectivity index (χ2n) is 3.55. The van der Waals surface area contributed by atoms with Crippen LogP contribution < -0.4 is 0 Å². The van der Waals surface area contributed by atoms with Gasteiger partial charge in [0.05, 0.1) is 0 Å². The van der Waals surface area contributed by atoms with Crippen LogP contribution in [-0.4, -0.2) is 45.1 Å². The fourth-order valence-corrected chi connectivity index (χ4v) is 1.48. The molecule has 0 saturated heterocycles. The van der Waals surface area contributed by atoms with Gasteiger partial charge in [-0.25, -0.2) is 9.78 Å². The average molecular weight is 238 g/mol. The Bertz CT molecular complexity index is 433. The van der Waals surface area contributed by atoms with Crippen LogP contribution in [-0.2, 0) is 4.79 Å². The van der Waals surface area contributed by atoms with Crippen molar-refractivity contribution in [3.05, 3.63) is 24.0 Å². The lowest BCUT2D eigenvalue weighted by Crippen LogP contribution is -2.42. The molecule has 17 heavy (non-hydrogen) atoms. The molecule has 6 nitrogen and oxygen atoms in total. The normalized spacial score (nSPS) is 11.9. The first-order valence-electron chi connectivity index (χ1n) is 5.13. The van der Waals surface area contributed by atoms with Gasteiger partial charge in [0.25, 0.3) is 5.91 Å². The van der Waals surface area contributed by atoms with Crippen LogP contribution in [0.1, 0.15) is 23.8 Å². The summed E-state index contributed by atoms with van der Waals surface area (Å²) in [4.78, 5) is 27.6. The Kier molecular flexibility index (Phi) is 4.03. The molecule has 1 unspecified atom stereocenters. The number of hydrogen-bond donors (Lipinski definition) is 2. The number of aliphatic carboxylic acids is 1. The van der Waals surface area contributed by atoms with Crippen LogP contribution in [0, 0.1) is 0 Å². The van der Waals surface area contributed by atoms with Crippen molar-refractivity contribution in [2.24, 2.45) is 0 Å². The van der Waals surface area contributed by atoms with Gasteiger partial charge in [0.1, 0.15) is 11.8 Å². The van der Waals surface area contributed by atoms with Crippen LogP contribution in [0.5, 0.6) is 5.75 Å². The molecule has 1 heterocycles. The monoisotopic (exact) mass is 238 g/mol. The molecule has 0 aliphatic carbocycles. The first-order valence-corrected chi connectivity index (χ1v) is 5.13. The summed E-state index contributed by atoms with van der Waals surface area (Å²) in [7, 11) is 1.37. The molecule has 1 amide bonds. The lowest BCUT2D eigenvalue weighted by atomic mass is 10.2. The maximum Gasteiger partial charge on any atom is 0.326 e. The van der Waals surface area contributed by atoms with Crippen LogP contribution in [0.15, 0.2) is 18.3 Å². The minimum absolute atomic E-state index is 0.144. The van der Waals surface area contributed by atoms with E-state index in [-0.39, 0.29) is 17.9 Å². The molecule has 0 radical (unpaired) electrons. The summed E-state index contributed by atoms with van der Waals surface area (Å²) in [6.07, 6.45) is 1.65. The van der Waals surface area contributed by atoms with Crippen molar-refractivity contribution in [2.45, 2.75) is 19.4 Å². The highest BCUT2D eigenvalue weighted by Gasteiger charge is 2.27. The molecule has 1 aromatic heterocycles. The topological polar surface area (TPSA) is 90.7 Å². The van der Waals surface area contributed by atoms with Gasteiger partial charge in [0.2, 0.25) is 0 Å². The number of amides is 1. The predicted octanol–water partition coefficient (Wildman–Crippen LogP) is 0.722. The van der Waals surface area contributed by atoms with Crippen molar-refractivity contribution < 1.29 is 19.8 Å². The SMILES string of the molecule is CCC(C(=O)O)N(C)C(=O)c1ncccc1O. The second-order valence-corrected chi connectivity index (χ2v) is 3.55. The molecule has 0 spiro atoms. The van der Waals surface area contributed by atoms with E-state index in [2.05, 4.69) is 4.98 Å². The van der Waals surface area contributed by atoms with Gasteiger partial charge in [-0.2, -0.15) is 0 Å². The van der Waals surface area contributed by atoms with Crippen LogP contribution in [0.3, 0.4) is 0 Å². The molecular formula is C11H14N2O4. The van der Waals surface area contributed by atoms with Crippen molar-refractivity contribution >= 4 is 11.9 Å². The van der Waals surface area contributed by atoms with Crippen LogP contribution in [0.25, 0.3) is 0 Å². The largest absolute Gasteiger partial charge is 0.505 e. The van der Waals surface area contributed by atoms with E-state index in [1.54, 1.807) is 6.92 Å². The fourth-order valence-electron chi connectivity index (χ4n) is 1.48. The second kappa shape index (κ2) is 5.29. The van der Waals surface area contributed by atoms with Crippen molar-refractivity contribution in [1.82, 2.24) is 9.88 Å². The Morgan fingerprint density at radius 2 is 2.18 bits per heavy atom. The summed E-state index contributed by atoms with van der Waals surface area (Å²) in [5.74, 6) is -1.96. The number of aromatic nitrogens is 1. The van der Waals surface area contributed by atoms with Gasteiger partial charge in [-0.05, 0) is 18.6 Å². The number of hydrogen-bond acceptors (Lipinski definition) is 4. The molecule has 2 N–H and O–H groups in total. The molecule has 0 bridgehead atoms. The summed E-state index contributed by atoms with van der Waals surface area (Å²) in [5.41, 5.74) is -0.144. The zero-order chi connectivity index (χ0) is 13.0. The number of nitrogens with zero attached hydrogens (tertiary/aromatic N) is 2. The Labute approximate surface area is 98.5 Å². The van der Waals surface area contributed by atoms with Crippen molar-refractivity contribution in [1.29, 1.82) is 0 Å². The number of carbonyl (C=O) groups excluding carboxylic acids is 1. The van der Waals surface area contributed by atoms with Crippen LogP contribution >= 0.6 is 0 Å². The summed E-state index contributed by atoms with van der Waals surface area (Å²) in [6.45, 7) is 1.67. The van der Waals surface area contributed by atoms with E-state index in [0.717, 1.165) is 4.90 Å². The van der Waals surface area contributed by atoms with E-state index in [1.807, 2.05) is 0 Å². The molecule has 92 valence electrons. The molecule has 0 aliphatic rings. The van der Waals surface area contributed by atoms with Gasteiger partial charge >= 0.3 is 5.97 Å². The predicted molar refractivity (Wildman–Crippen MR) is 59.7 cm³/mol. The third-order valence-corrected chi connectivity index (χ3v) is 2.45. The van der Waals surface area contributed by atoms with Gasteiger partial charge in [-0.15, -0.1) is 0 Å². The Morgan fingerprint density at radius 3 is 2.65 bits per heavy atom. The van der Waals surface area contributed by atoms with E-state index in [1.165, 1.54) is 25.4 Å². The summed E-state index contributed by atoms with van der Waals surface area (Å²) in [6, 6.07) is 1.89. The number of rotatable bonds is 4. The Hall–Kier alpha value is -2.11. The number of carboxylic acids is 1. The molecule has 1 rings (SSSR count). The van der Waals surface area contributed by atoms with E-state index in [4.69, 9.17) is 5.11 Å². The molecule has 6 heteroatoms. The molecule has 0 aliphatic heterocycles. The van der Waals surface area contributed by atoms with Gasteiger partial charge in [0.15, 0.2) is 5.69 Å². The third kappa shape index (κ3) is 2.72. The number of carboxylic acid groups (broad SMARTS) is 1. The van der Waals surface area contributed by atoms with E-state index >= 15 is 0 Å². The quantitative estimate of drug-likeness (QED) is 0.806. The molecule has 0 aromatic carbocycles. The Balaban J connectivity index is 2.98. The maximum atomic E-state index is 11.9.